The van der Waals surface area contributed by atoms with E-state index in [4.69, 9.17) is 0 Å². The van der Waals surface area contributed by atoms with Gasteiger partial charge < -0.3 is 10.2 Å². The molecule has 6 nitrogen and oxygen atoms in total. The molecule has 3 aromatic rings. The van der Waals surface area contributed by atoms with E-state index in [-0.39, 0.29) is 17.9 Å². The number of piperazine rings is 2. The SMILES string of the molecule is O=C(c1cnccn1)N1CCN2[C@H](CNC[C@H]2C(c2ccccc2)c2ccccc2)C1. The van der Waals surface area contributed by atoms with E-state index in [2.05, 4.69) is 80.8 Å². The first-order valence-corrected chi connectivity index (χ1v) is 10.9. The summed E-state index contributed by atoms with van der Waals surface area (Å²) in [5.74, 6) is 0.248. The second-order valence-corrected chi connectivity index (χ2v) is 8.26. The van der Waals surface area contributed by atoms with Gasteiger partial charge in [0.15, 0.2) is 0 Å². The van der Waals surface area contributed by atoms with Crippen LogP contribution >= 0.6 is 0 Å². The minimum Gasteiger partial charge on any atom is -0.334 e. The number of benzene rings is 2. The van der Waals surface area contributed by atoms with Crippen LogP contribution in [0, 0.1) is 0 Å². The van der Waals surface area contributed by atoms with Crippen LogP contribution < -0.4 is 5.32 Å². The van der Waals surface area contributed by atoms with Gasteiger partial charge in [-0.15, -0.1) is 0 Å². The van der Waals surface area contributed by atoms with E-state index in [0.717, 1.165) is 19.6 Å². The lowest BCUT2D eigenvalue weighted by atomic mass is 9.82. The maximum Gasteiger partial charge on any atom is 0.274 e. The Morgan fingerprint density at radius 2 is 1.65 bits per heavy atom. The summed E-state index contributed by atoms with van der Waals surface area (Å²) in [6.45, 7) is 4.09. The molecule has 2 atom stereocenters. The monoisotopic (exact) mass is 413 g/mol. The molecule has 2 saturated heterocycles. The lowest BCUT2D eigenvalue weighted by molar-refractivity contribution is 0.0140. The van der Waals surface area contributed by atoms with Gasteiger partial charge in [0.2, 0.25) is 0 Å². The molecule has 1 aromatic heterocycles. The molecule has 2 aliphatic rings. The average Bonchev–Trinajstić information content (AvgIpc) is 2.85. The van der Waals surface area contributed by atoms with E-state index in [1.54, 1.807) is 18.6 Å². The van der Waals surface area contributed by atoms with Crippen molar-refractivity contribution in [2.45, 2.75) is 18.0 Å². The van der Waals surface area contributed by atoms with Crippen molar-refractivity contribution >= 4 is 5.91 Å². The Balaban J connectivity index is 1.40. The third-order valence-electron chi connectivity index (χ3n) is 6.46. The number of hydrogen-bond donors (Lipinski definition) is 1. The molecule has 0 unspecified atom stereocenters. The predicted octanol–water partition coefficient (Wildman–Crippen LogP) is 2.41. The van der Waals surface area contributed by atoms with Gasteiger partial charge >= 0.3 is 0 Å². The maximum absolute atomic E-state index is 12.9. The average molecular weight is 414 g/mol. The van der Waals surface area contributed by atoms with E-state index >= 15 is 0 Å². The number of aromatic nitrogens is 2. The van der Waals surface area contributed by atoms with Crippen LogP contribution in [0.2, 0.25) is 0 Å². The van der Waals surface area contributed by atoms with Crippen LogP contribution in [0.1, 0.15) is 27.5 Å². The van der Waals surface area contributed by atoms with Crippen molar-refractivity contribution in [3.63, 3.8) is 0 Å². The van der Waals surface area contributed by atoms with Crippen LogP contribution in [0.15, 0.2) is 79.3 Å². The van der Waals surface area contributed by atoms with E-state index in [0.29, 0.717) is 24.8 Å². The van der Waals surface area contributed by atoms with Crippen LogP contribution in [0.5, 0.6) is 0 Å². The lowest BCUT2D eigenvalue weighted by Crippen LogP contribution is -2.66. The molecule has 31 heavy (non-hydrogen) atoms. The number of carbonyl (C=O) groups is 1. The Labute approximate surface area is 182 Å². The zero-order chi connectivity index (χ0) is 21.0. The molecule has 2 aliphatic heterocycles. The van der Waals surface area contributed by atoms with Gasteiger partial charge in [0, 0.05) is 63.1 Å². The molecule has 1 amide bonds. The van der Waals surface area contributed by atoms with Gasteiger partial charge in [0.1, 0.15) is 5.69 Å². The molecule has 3 heterocycles. The van der Waals surface area contributed by atoms with Gasteiger partial charge in [-0.25, -0.2) is 4.98 Å². The second kappa shape index (κ2) is 8.96. The Hall–Kier alpha value is -3.09. The fourth-order valence-electron chi connectivity index (χ4n) is 5.03. The molecule has 5 rings (SSSR count). The Kier molecular flexibility index (Phi) is 5.74. The summed E-state index contributed by atoms with van der Waals surface area (Å²) >= 11 is 0. The summed E-state index contributed by atoms with van der Waals surface area (Å²) in [5, 5.41) is 3.65. The van der Waals surface area contributed by atoms with Crippen LogP contribution in [0.4, 0.5) is 0 Å². The van der Waals surface area contributed by atoms with Gasteiger partial charge in [-0.2, -0.15) is 0 Å². The second-order valence-electron chi connectivity index (χ2n) is 8.26. The minimum atomic E-state index is -0.0301. The van der Waals surface area contributed by atoms with Crippen LogP contribution in [0.25, 0.3) is 0 Å². The van der Waals surface area contributed by atoms with E-state index < -0.39 is 0 Å². The van der Waals surface area contributed by atoms with Crippen molar-refractivity contribution in [3.05, 3.63) is 96.1 Å². The molecular weight excluding hydrogens is 386 g/mol. The van der Waals surface area contributed by atoms with E-state index in [1.165, 1.54) is 11.1 Å². The molecule has 158 valence electrons. The normalized spacial score (nSPS) is 21.6. The summed E-state index contributed by atoms with van der Waals surface area (Å²) in [6.07, 6.45) is 4.72. The lowest BCUT2D eigenvalue weighted by Gasteiger charge is -2.50. The van der Waals surface area contributed by atoms with Gasteiger partial charge in [-0.05, 0) is 11.1 Å². The molecule has 2 aromatic carbocycles. The minimum absolute atomic E-state index is 0.0301. The third-order valence-corrected chi connectivity index (χ3v) is 6.46. The Morgan fingerprint density at radius 3 is 2.29 bits per heavy atom. The smallest absolute Gasteiger partial charge is 0.274 e. The fraction of sp³-hybridized carbons (Fsp3) is 0.320. The van der Waals surface area contributed by atoms with Crippen molar-refractivity contribution in [2.75, 3.05) is 32.7 Å². The van der Waals surface area contributed by atoms with Gasteiger partial charge in [-0.1, -0.05) is 60.7 Å². The standard InChI is InChI=1S/C25H27N5O/c31-25(22-16-26-11-12-28-22)29-13-14-30-21(18-29)15-27-17-23(30)24(19-7-3-1-4-8-19)20-9-5-2-6-10-20/h1-12,16,21,23-24,27H,13-15,17-18H2/t21-,23+/m1/s1. The summed E-state index contributed by atoms with van der Waals surface area (Å²) in [7, 11) is 0. The number of nitrogens with one attached hydrogen (secondary N) is 1. The van der Waals surface area contributed by atoms with Gasteiger partial charge in [0.05, 0.1) is 6.20 Å². The molecule has 2 fully saturated rings. The molecule has 0 aliphatic carbocycles. The summed E-state index contributed by atoms with van der Waals surface area (Å²) < 4.78 is 0. The Morgan fingerprint density at radius 1 is 0.935 bits per heavy atom. The molecule has 0 saturated carbocycles. The molecule has 0 spiro atoms. The summed E-state index contributed by atoms with van der Waals surface area (Å²) in [4.78, 5) is 25.7. The summed E-state index contributed by atoms with van der Waals surface area (Å²) in [5.41, 5.74) is 3.08. The maximum atomic E-state index is 12.9. The number of nitrogens with zero attached hydrogens (tertiary/aromatic N) is 4. The van der Waals surface area contributed by atoms with Crippen molar-refractivity contribution in [1.29, 1.82) is 0 Å². The topological polar surface area (TPSA) is 61.4 Å². The summed E-state index contributed by atoms with van der Waals surface area (Å²) in [6, 6.07) is 22.2. The van der Waals surface area contributed by atoms with Crippen molar-refractivity contribution in [2.24, 2.45) is 0 Å². The number of fused-ring (bicyclic) bond motifs is 1. The molecule has 0 bridgehead atoms. The van der Waals surface area contributed by atoms with Crippen molar-refractivity contribution < 1.29 is 4.79 Å². The van der Waals surface area contributed by atoms with E-state index in [1.807, 2.05) is 4.90 Å². The highest BCUT2D eigenvalue weighted by molar-refractivity contribution is 5.92. The molecule has 6 heteroatoms. The highest BCUT2D eigenvalue weighted by Gasteiger charge is 2.40. The van der Waals surface area contributed by atoms with Gasteiger partial charge in [0.25, 0.3) is 5.91 Å². The zero-order valence-corrected chi connectivity index (χ0v) is 17.5. The van der Waals surface area contributed by atoms with Crippen molar-refractivity contribution in [3.8, 4) is 0 Å². The zero-order valence-electron chi connectivity index (χ0n) is 17.5. The quantitative estimate of drug-likeness (QED) is 0.712. The first kappa shape index (κ1) is 19.8. The Bertz CT molecular complexity index is 959. The van der Waals surface area contributed by atoms with Crippen LogP contribution in [0.3, 0.4) is 0 Å². The predicted molar refractivity (Wildman–Crippen MR) is 120 cm³/mol. The van der Waals surface area contributed by atoms with Crippen LogP contribution in [-0.4, -0.2) is 70.5 Å². The van der Waals surface area contributed by atoms with E-state index in [9.17, 15) is 4.79 Å². The first-order chi connectivity index (χ1) is 15.3. The highest BCUT2D eigenvalue weighted by atomic mass is 16.2. The first-order valence-electron chi connectivity index (χ1n) is 10.9. The number of amides is 1. The third kappa shape index (κ3) is 4.09. The number of hydrogen-bond acceptors (Lipinski definition) is 5. The highest BCUT2D eigenvalue weighted by Crippen LogP contribution is 2.34. The number of carbonyl (C=O) groups excluding carboxylic acids is 1. The van der Waals surface area contributed by atoms with Gasteiger partial charge in [-0.3, -0.25) is 14.7 Å². The molecule has 0 radical (unpaired) electrons. The number of rotatable bonds is 4. The van der Waals surface area contributed by atoms with Crippen LogP contribution in [-0.2, 0) is 0 Å². The van der Waals surface area contributed by atoms with Crippen molar-refractivity contribution in [1.82, 2.24) is 25.1 Å². The molecular formula is C25H27N5O. The fourth-order valence-corrected chi connectivity index (χ4v) is 5.03. The molecule has 1 N–H and O–H groups in total. The largest absolute Gasteiger partial charge is 0.334 e.